The predicted molar refractivity (Wildman–Crippen MR) is 80.1 cm³/mol. The Morgan fingerprint density at radius 3 is 2.86 bits per heavy atom. The van der Waals surface area contributed by atoms with E-state index < -0.39 is 0 Å². The van der Waals surface area contributed by atoms with Crippen molar-refractivity contribution in [3.8, 4) is 0 Å². The molecule has 0 spiro atoms. The van der Waals surface area contributed by atoms with Gasteiger partial charge in [0.1, 0.15) is 5.82 Å². The third-order valence-corrected chi connectivity index (χ3v) is 3.26. The van der Waals surface area contributed by atoms with Gasteiger partial charge >= 0.3 is 5.69 Å². The van der Waals surface area contributed by atoms with E-state index in [0.29, 0.717) is 18.0 Å². The number of hydrogen-bond acceptors (Lipinski definition) is 5. The molecule has 0 radical (unpaired) electrons. The van der Waals surface area contributed by atoms with Crippen LogP contribution >= 0.6 is 0 Å². The minimum absolute atomic E-state index is 0.0286. The van der Waals surface area contributed by atoms with Crippen LogP contribution in [0.2, 0.25) is 0 Å². The van der Waals surface area contributed by atoms with Gasteiger partial charge in [-0.15, -0.1) is 5.10 Å². The molecule has 0 saturated heterocycles. The summed E-state index contributed by atoms with van der Waals surface area (Å²) in [5.74, 6) is 0.617. The minimum Gasteiger partial charge on any atom is -0.369 e. The van der Waals surface area contributed by atoms with Crippen molar-refractivity contribution >= 4 is 11.5 Å². The fraction of sp³-hybridized carbons (Fsp3) is 0.214. The van der Waals surface area contributed by atoms with Gasteiger partial charge in [0.15, 0.2) is 5.65 Å². The standard InChI is InChI=1S/C14H16N6O/c15-11(10-4-2-1-3-5-10)8-9-16-12-6-7-13-17-18-14(21)20(13)19-12/h1-7,11H,8-9,15H2,(H,16,19)(H,18,21). The number of fused-ring (bicyclic) bond motifs is 1. The summed E-state index contributed by atoms with van der Waals surface area (Å²) in [7, 11) is 0. The van der Waals surface area contributed by atoms with Crippen molar-refractivity contribution < 1.29 is 0 Å². The lowest BCUT2D eigenvalue weighted by molar-refractivity contribution is 0.673. The van der Waals surface area contributed by atoms with E-state index in [2.05, 4.69) is 20.6 Å². The summed E-state index contributed by atoms with van der Waals surface area (Å²) in [5.41, 5.74) is 7.37. The molecule has 0 aliphatic carbocycles. The van der Waals surface area contributed by atoms with Crippen molar-refractivity contribution in [1.82, 2.24) is 19.8 Å². The Morgan fingerprint density at radius 2 is 2.05 bits per heavy atom. The van der Waals surface area contributed by atoms with Gasteiger partial charge in [0, 0.05) is 12.6 Å². The average molecular weight is 284 g/mol. The number of aromatic amines is 1. The molecule has 0 aliphatic rings. The lowest BCUT2D eigenvalue weighted by Crippen LogP contribution is -2.17. The quantitative estimate of drug-likeness (QED) is 0.646. The van der Waals surface area contributed by atoms with Crippen LogP contribution in [0.5, 0.6) is 0 Å². The van der Waals surface area contributed by atoms with Crippen molar-refractivity contribution in [1.29, 1.82) is 0 Å². The molecule has 2 heterocycles. The number of nitrogens with two attached hydrogens (primary N) is 1. The van der Waals surface area contributed by atoms with E-state index in [1.807, 2.05) is 30.3 Å². The summed E-state index contributed by atoms with van der Waals surface area (Å²) in [5, 5.41) is 13.5. The Morgan fingerprint density at radius 1 is 1.24 bits per heavy atom. The lowest BCUT2D eigenvalue weighted by atomic mass is 10.1. The number of benzene rings is 1. The number of anilines is 1. The van der Waals surface area contributed by atoms with Crippen molar-refractivity contribution in [2.45, 2.75) is 12.5 Å². The van der Waals surface area contributed by atoms with E-state index in [0.717, 1.165) is 12.0 Å². The Kier molecular flexibility index (Phi) is 3.65. The summed E-state index contributed by atoms with van der Waals surface area (Å²) in [6.45, 7) is 0.668. The molecule has 3 aromatic rings. The summed E-state index contributed by atoms with van der Waals surface area (Å²) in [6.07, 6.45) is 0.768. The maximum absolute atomic E-state index is 11.4. The van der Waals surface area contributed by atoms with Gasteiger partial charge in [-0.1, -0.05) is 30.3 Å². The molecule has 7 nitrogen and oxygen atoms in total. The number of H-pyrrole nitrogens is 1. The molecule has 3 rings (SSSR count). The number of aromatic nitrogens is 4. The van der Waals surface area contributed by atoms with Gasteiger partial charge in [0.25, 0.3) is 0 Å². The highest BCUT2D eigenvalue weighted by atomic mass is 16.2. The van der Waals surface area contributed by atoms with Gasteiger partial charge in [0.2, 0.25) is 0 Å². The summed E-state index contributed by atoms with van der Waals surface area (Å²) >= 11 is 0. The second kappa shape index (κ2) is 5.76. The van der Waals surface area contributed by atoms with Gasteiger partial charge in [-0.05, 0) is 24.1 Å². The summed E-state index contributed by atoms with van der Waals surface area (Å²) < 4.78 is 1.22. The van der Waals surface area contributed by atoms with Crippen molar-refractivity contribution in [2.75, 3.05) is 11.9 Å². The van der Waals surface area contributed by atoms with Gasteiger partial charge < -0.3 is 11.1 Å². The van der Waals surface area contributed by atoms with Crippen LogP contribution < -0.4 is 16.7 Å². The van der Waals surface area contributed by atoms with Crippen LogP contribution in [0.4, 0.5) is 5.82 Å². The molecule has 1 aromatic carbocycles. The molecule has 0 aliphatic heterocycles. The molecule has 7 heteroatoms. The van der Waals surface area contributed by atoms with Crippen molar-refractivity contribution in [3.05, 3.63) is 58.5 Å². The van der Waals surface area contributed by atoms with Crippen LogP contribution in [0.15, 0.2) is 47.3 Å². The molecule has 108 valence electrons. The fourth-order valence-electron chi connectivity index (χ4n) is 2.12. The number of hydrogen-bond donors (Lipinski definition) is 3. The highest BCUT2D eigenvalue weighted by Gasteiger charge is 2.06. The Labute approximate surface area is 120 Å². The molecule has 0 bridgehead atoms. The zero-order valence-electron chi connectivity index (χ0n) is 11.4. The van der Waals surface area contributed by atoms with Gasteiger partial charge in [0.05, 0.1) is 0 Å². The van der Waals surface area contributed by atoms with E-state index in [-0.39, 0.29) is 11.7 Å². The SMILES string of the molecule is NC(CCNc1ccc2n[nH]c(=O)n2n1)c1ccccc1. The highest BCUT2D eigenvalue weighted by Crippen LogP contribution is 2.13. The average Bonchev–Trinajstić information content (AvgIpc) is 2.89. The normalized spacial score (nSPS) is 12.4. The summed E-state index contributed by atoms with van der Waals surface area (Å²) in [4.78, 5) is 11.4. The van der Waals surface area contributed by atoms with Gasteiger partial charge in [-0.2, -0.15) is 9.61 Å². The lowest BCUT2D eigenvalue weighted by Gasteiger charge is -2.12. The number of rotatable bonds is 5. The largest absolute Gasteiger partial charge is 0.369 e. The van der Waals surface area contributed by atoms with Crippen LogP contribution in [0, 0.1) is 0 Å². The molecule has 1 unspecified atom stereocenters. The Bertz CT molecular complexity index is 779. The second-order valence-electron chi connectivity index (χ2n) is 4.75. The smallest absolute Gasteiger partial charge is 0.364 e. The molecule has 21 heavy (non-hydrogen) atoms. The fourth-order valence-corrected chi connectivity index (χ4v) is 2.12. The maximum atomic E-state index is 11.4. The molecule has 2 aromatic heterocycles. The first-order valence-electron chi connectivity index (χ1n) is 6.73. The predicted octanol–water partition coefficient (Wildman–Crippen LogP) is 0.920. The van der Waals surface area contributed by atoms with Crippen molar-refractivity contribution in [3.63, 3.8) is 0 Å². The molecule has 0 fully saturated rings. The third kappa shape index (κ3) is 2.92. The number of nitrogens with one attached hydrogen (secondary N) is 2. The monoisotopic (exact) mass is 284 g/mol. The van der Waals surface area contributed by atoms with Gasteiger partial charge in [-0.3, -0.25) is 0 Å². The number of nitrogens with zero attached hydrogens (tertiary/aromatic N) is 3. The van der Waals surface area contributed by atoms with Crippen molar-refractivity contribution in [2.24, 2.45) is 5.73 Å². The first kappa shape index (κ1) is 13.3. The third-order valence-electron chi connectivity index (χ3n) is 3.26. The van der Waals surface area contributed by atoms with Gasteiger partial charge in [-0.25, -0.2) is 9.89 Å². The van der Waals surface area contributed by atoms with Crippen LogP contribution in [0.25, 0.3) is 5.65 Å². The van der Waals surface area contributed by atoms with E-state index >= 15 is 0 Å². The topological polar surface area (TPSA) is 101 Å². The van der Waals surface area contributed by atoms with E-state index in [4.69, 9.17) is 5.73 Å². The zero-order chi connectivity index (χ0) is 14.7. The maximum Gasteiger partial charge on any atom is 0.364 e. The molecular weight excluding hydrogens is 268 g/mol. The summed E-state index contributed by atoms with van der Waals surface area (Å²) in [6, 6.07) is 13.4. The van der Waals surface area contributed by atoms with Crippen LogP contribution in [-0.2, 0) is 0 Å². The van der Waals surface area contributed by atoms with E-state index in [1.165, 1.54) is 4.52 Å². The van der Waals surface area contributed by atoms with E-state index in [9.17, 15) is 4.79 Å². The Balaban J connectivity index is 1.61. The van der Waals surface area contributed by atoms with E-state index in [1.54, 1.807) is 12.1 Å². The molecular formula is C14H16N6O. The zero-order valence-corrected chi connectivity index (χ0v) is 11.4. The van der Waals surface area contributed by atoms with Crippen LogP contribution in [0.3, 0.4) is 0 Å². The molecule has 0 saturated carbocycles. The minimum atomic E-state index is -0.352. The molecule has 0 amide bonds. The van der Waals surface area contributed by atoms with Crippen LogP contribution in [-0.4, -0.2) is 26.4 Å². The molecule has 4 N–H and O–H groups in total. The highest BCUT2D eigenvalue weighted by molar-refractivity contribution is 5.42. The Hall–Kier alpha value is -2.67. The van der Waals surface area contributed by atoms with Crippen LogP contribution in [0.1, 0.15) is 18.0 Å². The first-order chi connectivity index (χ1) is 10.2. The second-order valence-corrected chi connectivity index (χ2v) is 4.75. The molecule has 1 atom stereocenters. The first-order valence-corrected chi connectivity index (χ1v) is 6.73.